The smallest absolute Gasteiger partial charge is 0.0829 e. The van der Waals surface area contributed by atoms with Crippen molar-refractivity contribution >= 4 is 0 Å². The summed E-state index contributed by atoms with van der Waals surface area (Å²) in [6.45, 7) is 15.2. The molecule has 4 heteroatoms. The van der Waals surface area contributed by atoms with Crippen molar-refractivity contribution in [2.24, 2.45) is 5.92 Å². The van der Waals surface area contributed by atoms with Crippen LogP contribution in [0.2, 0.25) is 0 Å². The molecule has 1 N–H and O–H groups in total. The number of nitrogens with zero attached hydrogens (tertiary/aromatic N) is 2. The molecule has 108 valence electrons. The largest absolute Gasteiger partial charge is 0.374 e. The van der Waals surface area contributed by atoms with Crippen LogP contribution in [0.1, 0.15) is 20.8 Å². The molecule has 0 aromatic heterocycles. The third-order valence-electron chi connectivity index (χ3n) is 3.27. The number of rotatable bonds is 8. The second-order valence-corrected chi connectivity index (χ2v) is 5.76. The van der Waals surface area contributed by atoms with Crippen molar-refractivity contribution in [2.45, 2.75) is 26.9 Å². The lowest BCUT2D eigenvalue weighted by Crippen LogP contribution is -2.48. The van der Waals surface area contributed by atoms with Crippen LogP contribution < -0.4 is 5.32 Å². The Morgan fingerprint density at radius 3 is 2.89 bits per heavy atom. The van der Waals surface area contributed by atoms with Gasteiger partial charge in [-0.05, 0) is 19.5 Å². The maximum atomic E-state index is 5.86. The van der Waals surface area contributed by atoms with Gasteiger partial charge < -0.3 is 15.0 Å². The van der Waals surface area contributed by atoms with Crippen LogP contribution >= 0.6 is 0 Å². The normalized spacial score (nSPS) is 22.0. The zero-order valence-electron chi connectivity index (χ0n) is 12.6. The van der Waals surface area contributed by atoms with Crippen molar-refractivity contribution in [1.82, 2.24) is 15.1 Å². The van der Waals surface area contributed by atoms with Crippen LogP contribution in [0.25, 0.3) is 0 Å². The molecular formula is C14H31N3O. The zero-order chi connectivity index (χ0) is 13.4. The van der Waals surface area contributed by atoms with E-state index < -0.39 is 0 Å². The Bertz CT molecular complexity index is 211. The summed E-state index contributed by atoms with van der Waals surface area (Å²) in [5, 5.41) is 3.38. The van der Waals surface area contributed by atoms with E-state index in [0.29, 0.717) is 6.10 Å². The van der Waals surface area contributed by atoms with E-state index in [4.69, 9.17) is 4.74 Å². The molecule has 1 aliphatic heterocycles. The molecule has 1 atom stereocenters. The summed E-state index contributed by atoms with van der Waals surface area (Å²) < 4.78 is 5.86. The molecular weight excluding hydrogens is 226 g/mol. The quantitative estimate of drug-likeness (QED) is 0.654. The molecule has 0 aliphatic carbocycles. The van der Waals surface area contributed by atoms with Gasteiger partial charge in [-0.1, -0.05) is 20.8 Å². The van der Waals surface area contributed by atoms with Crippen LogP contribution in [-0.2, 0) is 4.74 Å². The van der Waals surface area contributed by atoms with Gasteiger partial charge in [-0.3, -0.25) is 4.90 Å². The molecule has 0 radical (unpaired) electrons. The number of hydrogen-bond acceptors (Lipinski definition) is 4. The predicted molar refractivity (Wildman–Crippen MR) is 77.1 cm³/mol. The number of nitrogens with one attached hydrogen (secondary N) is 1. The average Bonchev–Trinajstić information content (AvgIpc) is 2.28. The van der Waals surface area contributed by atoms with E-state index in [1.807, 2.05) is 0 Å². The van der Waals surface area contributed by atoms with E-state index in [1.54, 1.807) is 0 Å². The lowest BCUT2D eigenvalue weighted by atomic mass is 10.2. The van der Waals surface area contributed by atoms with E-state index in [9.17, 15) is 0 Å². The van der Waals surface area contributed by atoms with Gasteiger partial charge in [-0.2, -0.15) is 0 Å². The number of likely N-dealkylation sites (N-methyl/N-ethyl adjacent to an activating group) is 2. The Balaban J connectivity index is 2.21. The Labute approximate surface area is 113 Å². The van der Waals surface area contributed by atoms with Crippen molar-refractivity contribution in [3.05, 3.63) is 0 Å². The highest BCUT2D eigenvalue weighted by atomic mass is 16.5. The monoisotopic (exact) mass is 257 g/mol. The first-order valence-electron chi connectivity index (χ1n) is 7.35. The fourth-order valence-electron chi connectivity index (χ4n) is 2.55. The first-order valence-corrected chi connectivity index (χ1v) is 7.35. The van der Waals surface area contributed by atoms with E-state index >= 15 is 0 Å². The van der Waals surface area contributed by atoms with Gasteiger partial charge >= 0.3 is 0 Å². The van der Waals surface area contributed by atoms with Crippen molar-refractivity contribution in [1.29, 1.82) is 0 Å². The van der Waals surface area contributed by atoms with E-state index in [1.165, 1.54) is 0 Å². The molecule has 0 spiro atoms. The fraction of sp³-hybridized carbons (Fsp3) is 1.00. The van der Waals surface area contributed by atoms with Crippen LogP contribution in [0.4, 0.5) is 0 Å². The van der Waals surface area contributed by atoms with Crippen LogP contribution in [-0.4, -0.2) is 75.4 Å². The second-order valence-electron chi connectivity index (χ2n) is 5.76. The summed E-state index contributed by atoms with van der Waals surface area (Å²) in [5.41, 5.74) is 0. The van der Waals surface area contributed by atoms with Crippen molar-refractivity contribution in [3.8, 4) is 0 Å². The molecule has 0 saturated carbocycles. The third kappa shape index (κ3) is 6.69. The number of ether oxygens (including phenoxy) is 1. The summed E-state index contributed by atoms with van der Waals surface area (Å²) in [7, 11) is 2.20. The summed E-state index contributed by atoms with van der Waals surface area (Å²) in [6, 6.07) is 0. The van der Waals surface area contributed by atoms with E-state index in [0.717, 1.165) is 58.3 Å². The standard InChI is InChI=1S/C14H31N3O/c1-5-15-6-7-17-8-9-18-14(12-17)11-16(4)10-13(2)3/h13-15H,5-12H2,1-4H3. The minimum absolute atomic E-state index is 0.379. The number of morpholine rings is 1. The van der Waals surface area contributed by atoms with Crippen LogP contribution in [0.3, 0.4) is 0 Å². The minimum atomic E-state index is 0.379. The molecule has 0 aromatic rings. The highest BCUT2D eigenvalue weighted by Crippen LogP contribution is 2.07. The van der Waals surface area contributed by atoms with Gasteiger partial charge in [0.1, 0.15) is 0 Å². The molecule has 0 aromatic carbocycles. The van der Waals surface area contributed by atoms with Crippen molar-refractivity contribution in [2.75, 3.05) is 59.5 Å². The highest BCUT2D eigenvalue weighted by molar-refractivity contribution is 4.74. The Morgan fingerprint density at radius 2 is 2.22 bits per heavy atom. The van der Waals surface area contributed by atoms with Gasteiger partial charge in [0, 0.05) is 39.3 Å². The minimum Gasteiger partial charge on any atom is -0.374 e. The summed E-state index contributed by atoms with van der Waals surface area (Å²) in [5.74, 6) is 0.725. The predicted octanol–water partition coefficient (Wildman–Crippen LogP) is 0.885. The topological polar surface area (TPSA) is 27.7 Å². The molecule has 1 heterocycles. The van der Waals surface area contributed by atoms with Crippen LogP contribution in [0.5, 0.6) is 0 Å². The maximum Gasteiger partial charge on any atom is 0.0829 e. The number of hydrogen-bond donors (Lipinski definition) is 1. The first kappa shape index (κ1) is 15.9. The zero-order valence-corrected chi connectivity index (χ0v) is 12.6. The van der Waals surface area contributed by atoms with E-state index in [-0.39, 0.29) is 0 Å². The lowest BCUT2D eigenvalue weighted by Gasteiger charge is -2.35. The Kier molecular flexibility index (Phi) is 7.82. The van der Waals surface area contributed by atoms with Crippen LogP contribution in [0.15, 0.2) is 0 Å². The molecule has 0 amide bonds. The molecule has 1 unspecified atom stereocenters. The molecule has 0 bridgehead atoms. The highest BCUT2D eigenvalue weighted by Gasteiger charge is 2.21. The van der Waals surface area contributed by atoms with Gasteiger partial charge in [-0.15, -0.1) is 0 Å². The van der Waals surface area contributed by atoms with Gasteiger partial charge in [0.25, 0.3) is 0 Å². The SMILES string of the molecule is CCNCCN1CCOC(CN(C)CC(C)C)C1. The first-order chi connectivity index (χ1) is 8.61. The molecule has 1 aliphatic rings. The average molecular weight is 257 g/mol. The van der Waals surface area contributed by atoms with Gasteiger partial charge in [0.2, 0.25) is 0 Å². The maximum absolute atomic E-state index is 5.86. The Hall–Kier alpha value is -0.160. The third-order valence-corrected chi connectivity index (χ3v) is 3.27. The van der Waals surface area contributed by atoms with Gasteiger partial charge in [-0.25, -0.2) is 0 Å². The molecule has 4 nitrogen and oxygen atoms in total. The fourth-order valence-corrected chi connectivity index (χ4v) is 2.55. The van der Waals surface area contributed by atoms with Gasteiger partial charge in [0.15, 0.2) is 0 Å². The van der Waals surface area contributed by atoms with E-state index in [2.05, 4.69) is 42.9 Å². The summed E-state index contributed by atoms with van der Waals surface area (Å²) >= 11 is 0. The molecule has 1 saturated heterocycles. The molecule has 18 heavy (non-hydrogen) atoms. The summed E-state index contributed by atoms with van der Waals surface area (Å²) in [6.07, 6.45) is 0.379. The molecule has 1 rings (SSSR count). The second kappa shape index (κ2) is 8.86. The van der Waals surface area contributed by atoms with Gasteiger partial charge in [0.05, 0.1) is 12.7 Å². The summed E-state index contributed by atoms with van der Waals surface area (Å²) in [4.78, 5) is 4.91. The molecule has 1 fully saturated rings. The Morgan fingerprint density at radius 1 is 1.44 bits per heavy atom. The van der Waals surface area contributed by atoms with Crippen molar-refractivity contribution < 1.29 is 4.74 Å². The van der Waals surface area contributed by atoms with Crippen molar-refractivity contribution in [3.63, 3.8) is 0 Å². The van der Waals surface area contributed by atoms with Crippen LogP contribution in [0, 0.1) is 5.92 Å². The lowest BCUT2D eigenvalue weighted by molar-refractivity contribution is -0.0408.